The molecule has 0 saturated carbocycles. The molecule has 0 saturated heterocycles. The Balaban J connectivity index is 2.11. The maximum Gasteiger partial charge on any atom is 0.164 e. The summed E-state index contributed by atoms with van der Waals surface area (Å²) in [6.07, 6.45) is 1.52. The third-order valence-electron chi connectivity index (χ3n) is 2.82. The molecule has 19 heavy (non-hydrogen) atoms. The van der Waals surface area contributed by atoms with Gasteiger partial charge in [-0.25, -0.2) is 9.67 Å². The van der Waals surface area contributed by atoms with Crippen molar-refractivity contribution in [3.05, 3.63) is 35.9 Å². The molecular weight excluding hydrogens is 244 g/mol. The number of aromatic nitrogens is 3. The molecule has 6 nitrogen and oxygen atoms in total. The van der Waals surface area contributed by atoms with Gasteiger partial charge in [0, 0.05) is 13.1 Å². The summed E-state index contributed by atoms with van der Waals surface area (Å²) in [6.45, 7) is 3.60. The summed E-state index contributed by atoms with van der Waals surface area (Å²) < 4.78 is 12.8. The van der Waals surface area contributed by atoms with Gasteiger partial charge in [0.25, 0.3) is 0 Å². The summed E-state index contributed by atoms with van der Waals surface area (Å²) in [5, 5.41) is 4.09. The molecule has 102 valence electrons. The number of ether oxygens (including phenoxy) is 2. The Kier molecular flexibility index (Phi) is 4.35. The minimum absolute atomic E-state index is 0.353. The Labute approximate surface area is 112 Å². The fourth-order valence-electron chi connectivity index (χ4n) is 1.76. The molecule has 0 radical (unpaired) electrons. The van der Waals surface area contributed by atoms with E-state index in [9.17, 15) is 0 Å². The van der Waals surface area contributed by atoms with Crippen LogP contribution in [-0.4, -0.2) is 21.9 Å². The third-order valence-corrected chi connectivity index (χ3v) is 2.82. The van der Waals surface area contributed by atoms with Crippen molar-refractivity contribution in [3.8, 4) is 11.5 Å². The molecule has 0 aliphatic rings. The zero-order chi connectivity index (χ0) is 13.7. The van der Waals surface area contributed by atoms with Crippen molar-refractivity contribution in [3.63, 3.8) is 0 Å². The van der Waals surface area contributed by atoms with Gasteiger partial charge in [-0.15, -0.1) is 0 Å². The van der Waals surface area contributed by atoms with Crippen LogP contribution in [0.1, 0.15) is 18.3 Å². The van der Waals surface area contributed by atoms with E-state index in [1.54, 1.807) is 11.8 Å². The Morgan fingerprint density at radius 2 is 2.16 bits per heavy atom. The Hall–Kier alpha value is -2.08. The van der Waals surface area contributed by atoms with Gasteiger partial charge in [-0.2, -0.15) is 5.10 Å². The van der Waals surface area contributed by atoms with Gasteiger partial charge < -0.3 is 15.2 Å². The number of aryl methyl sites for hydroxylation is 1. The maximum absolute atomic E-state index is 5.73. The highest BCUT2D eigenvalue weighted by molar-refractivity contribution is 5.42. The van der Waals surface area contributed by atoms with Gasteiger partial charge in [0.15, 0.2) is 17.3 Å². The van der Waals surface area contributed by atoms with Crippen molar-refractivity contribution in [2.45, 2.75) is 26.6 Å². The van der Waals surface area contributed by atoms with Crippen LogP contribution in [0.2, 0.25) is 0 Å². The highest BCUT2D eigenvalue weighted by atomic mass is 16.5. The van der Waals surface area contributed by atoms with Gasteiger partial charge in [0.1, 0.15) is 12.9 Å². The second-order valence-electron chi connectivity index (χ2n) is 3.97. The van der Waals surface area contributed by atoms with Crippen molar-refractivity contribution in [1.29, 1.82) is 0 Å². The lowest BCUT2D eigenvalue weighted by Crippen LogP contribution is -2.08. The van der Waals surface area contributed by atoms with Gasteiger partial charge in [-0.05, 0) is 24.6 Å². The molecule has 0 unspecified atom stereocenters. The molecule has 2 aromatic rings. The first-order chi connectivity index (χ1) is 9.28. The average Bonchev–Trinajstić information content (AvgIpc) is 2.92. The highest BCUT2D eigenvalue weighted by Gasteiger charge is 2.08. The molecule has 1 aromatic carbocycles. The normalized spacial score (nSPS) is 10.5. The molecule has 0 bridgehead atoms. The van der Waals surface area contributed by atoms with Crippen LogP contribution in [0.5, 0.6) is 11.5 Å². The van der Waals surface area contributed by atoms with Crippen LogP contribution in [0.15, 0.2) is 24.5 Å². The second kappa shape index (κ2) is 6.19. The van der Waals surface area contributed by atoms with Crippen molar-refractivity contribution in [2.75, 3.05) is 7.11 Å². The molecular formula is C13H18N4O2. The largest absolute Gasteiger partial charge is 0.493 e. The molecule has 0 aliphatic heterocycles. The monoisotopic (exact) mass is 262 g/mol. The Morgan fingerprint density at radius 1 is 1.32 bits per heavy atom. The summed E-state index contributed by atoms with van der Waals surface area (Å²) in [7, 11) is 1.61. The van der Waals surface area contributed by atoms with E-state index in [1.807, 2.05) is 25.1 Å². The molecule has 1 heterocycles. The van der Waals surface area contributed by atoms with E-state index in [2.05, 4.69) is 10.1 Å². The van der Waals surface area contributed by atoms with E-state index < -0.39 is 0 Å². The lowest BCUT2D eigenvalue weighted by atomic mass is 10.2. The second-order valence-corrected chi connectivity index (χ2v) is 3.97. The Morgan fingerprint density at radius 3 is 2.84 bits per heavy atom. The quantitative estimate of drug-likeness (QED) is 0.850. The van der Waals surface area contributed by atoms with Crippen LogP contribution in [0.3, 0.4) is 0 Å². The first-order valence-corrected chi connectivity index (χ1v) is 6.15. The molecule has 1 aromatic heterocycles. The van der Waals surface area contributed by atoms with Crippen LogP contribution < -0.4 is 15.2 Å². The summed E-state index contributed by atoms with van der Waals surface area (Å²) in [5.41, 5.74) is 6.60. The average molecular weight is 262 g/mol. The molecule has 0 fully saturated rings. The van der Waals surface area contributed by atoms with Gasteiger partial charge in [-0.1, -0.05) is 6.07 Å². The molecule has 0 spiro atoms. The third kappa shape index (κ3) is 3.03. The Bertz CT molecular complexity index is 539. The van der Waals surface area contributed by atoms with Crippen molar-refractivity contribution in [2.24, 2.45) is 5.73 Å². The zero-order valence-corrected chi connectivity index (χ0v) is 11.2. The summed E-state index contributed by atoms with van der Waals surface area (Å²) in [5.74, 6) is 2.13. The van der Waals surface area contributed by atoms with Crippen LogP contribution in [0, 0.1) is 0 Å². The fraction of sp³-hybridized carbons (Fsp3) is 0.385. The first-order valence-electron chi connectivity index (χ1n) is 6.15. The number of nitrogens with zero attached hydrogens (tertiary/aromatic N) is 3. The smallest absolute Gasteiger partial charge is 0.164 e. The lowest BCUT2D eigenvalue weighted by Gasteiger charge is -2.11. The predicted molar refractivity (Wildman–Crippen MR) is 70.9 cm³/mol. The van der Waals surface area contributed by atoms with Gasteiger partial charge in [0.05, 0.1) is 7.11 Å². The molecule has 0 aliphatic carbocycles. The van der Waals surface area contributed by atoms with E-state index in [-0.39, 0.29) is 0 Å². The van der Waals surface area contributed by atoms with E-state index in [4.69, 9.17) is 15.2 Å². The fourth-order valence-corrected chi connectivity index (χ4v) is 1.76. The number of benzene rings is 1. The standard InChI is InChI=1S/C13H18N4O2/c1-3-17-13(15-9-16-17)8-19-11-5-4-10(7-14)6-12(11)18-2/h4-6,9H,3,7-8,14H2,1-2H3. The van der Waals surface area contributed by atoms with Gasteiger partial charge >= 0.3 is 0 Å². The van der Waals surface area contributed by atoms with E-state index >= 15 is 0 Å². The van der Waals surface area contributed by atoms with Crippen LogP contribution in [0.25, 0.3) is 0 Å². The van der Waals surface area contributed by atoms with Crippen LogP contribution in [-0.2, 0) is 19.7 Å². The molecule has 0 amide bonds. The molecule has 0 atom stereocenters. The van der Waals surface area contributed by atoms with Gasteiger partial charge in [-0.3, -0.25) is 0 Å². The van der Waals surface area contributed by atoms with Crippen molar-refractivity contribution in [1.82, 2.24) is 14.8 Å². The van der Waals surface area contributed by atoms with Crippen molar-refractivity contribution < 1.29 is 9.47 Å². The van der Waals surface area contributed by atoms with Crippen molar-refractivity contribution >= 4 is 0 Å². The molecule has 2 N–H and O–H groups in total. The number of rotatable bonds is 6. The number of methoxy groups -OCH3 is 1. The number of hydrogen-bond donors (Lipinski definition) is 1. The van der Waals surface area contributed by atoms with Crippen LogP contribution in [0.4, 0.5) is 0 Å². The number of hydrogen-bond acceptors (Lipinski definition) is 5. The van der Waals surface area contributed by atoms with Gasteiger partial charge in [0.2, 0.25) is 0 Å². The summed E-state index contributed by atoms with van der Waals surface area (Å²) in [4.78, 5) is 4.16. The lowest BCUT2D eigenvalue weighted by molar-refractivity contribution is 0.269. The minimum Gasteiger partial charge on any atom is -0.493 e. The van der Waals surface area contributed by atoms with E-state index in [0.29, 0.717) is 24.7 Å². The van der Waals surface area contributed by atoms with E-state index in [1.165, 1.54) is 6.33 Å². The molecule has 2 rings (SSSR count). The minimum atomic E-state index is 0.353. The topological polar surface area (TPSA) is 75.2 Å². The maximum atomic E-state index is 5.73. The zero-order valence-electron chi connectivity index (χ0n) is 11.2. The highest BCUT2D eigenvalue weighted by Crippen LogP contribution is 2.28. The summed E-state index contributed by atoms with van der Waals surface area (Å²) >= 11 is 0. The number of nitrogens with two attached hydrogens (primary N) is 1. The predicted octanol–water partition coefficient (Wildman–Crippen LogP) is 1.34. The first kappa shape index (κ1) is 13.4. The van der Waals surface area contributed by atoms with E-state index in [0.717, 1.165) is 17.9 Å². The molecule has 6 heteroatoms. The summed E-state index contributed by atoms with van der Waals surface area (Å²) in [6, 6.07) is 5.65. The van der Waals surface area contributed by atoms with Crippen LogP contribution >= 0.6 is 0 Å². The SMILES string of the molecule is CCn1ncnc1COc1ccc(CN)cc1OC.